The van der Waals surface area contributed by atoms with E-state index in [1.807, 2.05) is 24.3 Å². The van der Waals surface area contributed by atoms with Gasteiger partial charge in [-0.05, 0) is 43.3 Å². The van der Waals surface area contributed by atoms with E-state index < -0.39 is 10.0 Å². The first kappa shape index (κ1) is 21.6. The molecule has 0 saturated carbocycles. The van der Waals surface area contributed by atoms with E-state index in [0.717, 1.165) is 35.1 Å². The number of hydrogen-bond donors (Lipinski definition) is 2. The zero-order valence-electron chi connectivity index (χ0n) is 17.8. The Hall–Kier alpha value is -3.21. The van der Waals surface area contributed by atoms with E-state index >= 15 is 0 Å². The maximum atomic E-state index is 13.1. The lowest BCUT2D eigenvalue weighted by Gasteiger charge is -2.33. The molecule has 9 nitrogen and oxygen atoms in total. The Morgan fingerprint density at radius 3 is 2.67 bits per heavy atom. The molecule has 3 heterocycles. The number of nitrogens with one attached hydrogen (secondary N) is 2. The van der Waals surface area contributed by atoms with E-state index in [1.54, 1.807) is 12.1 Å². The van der Waals surface area contributed by atoms with Crippen LogP contribution in [0.2, 0.25) is 5.02 Å². The first-order valence-corrected chi connectivity index (χ1v) is 12.3. The van der Waals surface area contributed by atoms with Crippen LogP contribution in [0.1, 0.15) is 6.92 Å². The number of fused-ring (bicyclic) bond motifs is 1. The van der Waals surface area contributed by atoms with Gasteiger partial charge in [0.15, 0.2) is 5.65 Å². The highest BCUT2D eigenvalue weighted by Crippen LogP contribution is 2.26. The van der Waals surface area contributed by atoms with Crippen molar-refractivity contribution in [3.63, 3.8) is 0 Å². The second kappa shape index (κ2) is 8.62. The third-order valence-electron chi connectivity index (χ3n) is 5.48. The van der Waals surface area contributed by atoms with Crippen molar-refractivity contribution in [3.8, 4) is 0 Å². The highest BCUT2D eigenvalue weighted by molar-refractivity contribution is 7.90. The van der Waals surface area contributed by atoms with Crippen molar-refractivity contribution in [2.75, 3.05) is 29.9 Å². The topological polar surface area (TPSA) is 105 Å². The highest BCUT2D eigenvalue weighted by atomic mass is 35.5. The molecule has 33 heavy (non-hydrogen) atoms. The summed E-state index contributed by atoms with van der Waals surface area (Å²) in [6.07, 6.45) is 2.95. The number of anilines is 3. The summed E-state index contributed by atoms with van der Waals surface area (Å²) >= 11 is 6.12. The zero-order chi connectivity index (χ0) is 23.0. The molecule has 2 aromatic carbocycles. The van der Waals surface area contributed by atoms with Crippen LogP contribution in [0.5, 0.6) is 0 Å². The summed E-state index contributed by atoms with van der Waals surface area (Å²) in [5.41, 5.74) is 2.11. The van der Waals surface area contributed by atoms with Crippen molar-refractivity contribution in [2.24, 2.45) is 0 Å². The average Bonchev–Trinajstić information content (AvgIpc) is 3.24. The van der Waals surface area contributed by atoms with E-state index in [9.17, 15) is 8.42 Å². The minimum atomic E-state index is -4.02. The van der Waals surface area contributed by atoms with Crippen molar-refractivity contribution in [1.29, 1.82) is 0 Å². The number of benzene rings is 2. The fraction of sp³-hybridized carbons (Fsp3) is 0.227. The first-order chi connectivity index (χ1) is 15.9. The molecule has 2 N–H and O–H groups in total. The normalized spacial score (nSPS) is 16.8. The third kappa shape index (κ3) is 4.24. The van der Waals surface area contributed by atoms with Gasteiger partial charge in [-0.3, -0.25) is 0 Å². The average molecular weight is 484 g/mol. The monoisotopic (exact) mass is 483 g/mol. The second-order valence-corrected chi connectivity index (χ2v) is 10.0. The van der Waals surface area contributed by atoms with Crippen LogP contribution in [-0.2, 0) is 10.0 Å². The molecule has 1 fully saturated rings. The fourth-order valence-corrected chi connectivity index (χ4v) is 5.56. The van der Waals surface area contributed by atoms with Crippen LogP contribution in [0.25, 0.3) is 11.0 Å². The van der Waals surface area contributed by atoms with Crippen LogP contribution in [0.15, 0.2) is 65.8 Å². The molecule has 1 saturated heterocycles. The Balaban J connectivity index is 1.42. The summed E-state index contributed by atoms with van der Waals surface area (Å²) in [4.78, 5) is 11.0. The largest absolute Gasteiger partial charge is 0.369 e. The van der Waals surface area contributed by atoms with Gasteiger partial charge in [0, 0.05) is 43.2 Å². The van der Waals surface area contributed by atoms with Gasteiger partial charge in [0.2, 0.25) is 5.95 Å². The van der Waals surface area contributed by atoms with E-state index in [-0.39, 0.29) is 21.5 Å². The van der Waals surface area contributed by atoms with Gasteiger partial charge in [-0.25, -0.2) is 4.98 Å². The van der Waals surface area contributed by atoms with Crippen LogP contribution in [0.3, 0.4) is 0 Å². The van der Waals surface area contributed by atoms with Crippen molar-refractivity contribution in [2.45, 2.75) is 17.9 Å². The Morgan fingerprint density at radius 2 is 1.91 bits per heavy atom. The van der Waals surface area contributed by atoms with Crippen molar-refractivity contribution >= 4 is 50.0 Å². The summed E-state index contributed by atoms with van der Waals surface area (Å²) in [6.45, 7) is 5.04. The van der Waals surface area contributed by atoms with Gasteiger partial charge in [-0.15, -0.1) is 4.09 Å². The Morgan fingerprint density at radius 1 is 1.12 bits per heavy atom. The van der Waals surface area contributed by atoms with Crippen LogP contribution >= 0.6 is 11.6 Å². The molecular formula is C22H22ClN7O2S. The number of nitrogens with zero attached hydrogens (tertiary/aromatic N) is 5. The minimum Gasteiger partial charge on any atom is -0.369 e. The zero-order valence-corrected chi connectivity index (χ0v) is 19.4. The second-order valence-electron chi connectivity index (χ2n) is 7.87. The Bertz CT molecular complexity index is 1410. The number of piperazine rings is 1. The van der Waals surface area contributed by atoms with Crippen molar-refractivity contribution in [3.05, 3.63) is 65.9 Å². The predicted molar refractivity (Wildman–Crippen MR) is 129 cm³/mol. The van der Waals surface area contributed by atoms with Gasteiger partial charge >= 0.3 is 0 Å². The van der Waals surface area contributed by atoms with E-state index in [4.69, 9.17) is 11.6 Å². The van der Waals surface area contributed by atoms with Gasteiger partial charge in [-0.1, -0.05) is 23.7 Å². The SMILES string of the molecule is C[C@H]1CN(c2ccc(Nc3ncc4cnn(S(=O)(=O)c5ccccc5Cl)c4n3)cc2)CCN1. The maximum absolute atomic E-state index is 13.1. The molecule has 4 aromatic rings. The molecule has 170 valence electrons. The lowest BCUT2D eigenvalue weighted by Crippen LogP contribution is -2.49. The lowest BCUT2D eigenvalue weighted by atomic mass is 10.2. The highest BCUT2D eigenvalue weighted by Gasteiger charge is 2.24. The van der Waals surface area contributed by atoms with Crippen molar-refractivity contribution < 1.29 is 8.42 Å². The molecule has 1 aliphatic rings. The molecule has 0 unspecified atom stereocenters. The summed E-state index contributed by atoms with van der Waals surface area (Å²) < 4.78 is 27.2. The molecule has 5 rings (SSSR count). The standard InChI is InChI=1S/C22H22ClN7O2S/c1-15-14-29(11-10-24-15)18-8-6-17(7-9-18)27-22-25-12-16-13-26-30(21(16)28-22)33(31,32)20-5-3-2-4-19(20)23/h2-9,12-13,15,24H,10-11,14H2,1H3,(H,25,27,28)/t15-/m0/s1. The number of hydrogen-bond acceptors (Lipinski definition) is 8. The molecule has 0 radical (unpaired) electrons. The number of rotatable bonds is 5. The molecule has 2 aromatic heterocycles. The fourth-order valence-electron chi connectivity index (χ4n) is 3.83. The molecule has 0 bridgehead atoms. The van der Waals surface area contributed by atoms with Crippen LogP contribution < -0.4 is 15.5 Å². The van der Waals surface area contributed by atoms with Crippen LogP contribution in [0.4, 0.5) is 17.3 Å². The van der Waals surface area contributed by atoms with Crippen LogP contribution in [0, 0.1) is 0 Å². The summed E-state index contributed by atoms with van der Waals surface area (Å²) in [7, 11) is -4.02. The smallest absolute Gasteiger partial charge is 0.286 e. The third-order valence-corrected chi connectivity index (χ3v) is 7.55. The number of halogens is 1. The summed E-state index contributed by atoms with van der Waals surface area (Å²) in [6, 6.07) is 14.7. The molecule has 0 aliphatic carbocycles. The predicted octanol–water partition coefficient (Wildman–Crippen LogP) is 3.26. The quantitative estimate of drug-likeness (QED) is 0.445. The van der Waals surface area contributed by atoms with E-state index in [1.165, 1.54) is 24.5 Å². The molecule has 1 aliphatic heterocycles. The van der Waals surface area contributed by atoms with Gasteiger partial charge in [0.1, 0.15) is 4.90 Å². The summed E-state index contributed by atoms with van der Waals surface area (Å²) in [5.74, 6) is 0.266. The van der Waals surface area contributed by atoms with E-state index in [2.05, 4.69) is 37.5 Å². The lowest BCUT2D eigenvalue weighted by molar-refractivity contribution is 0.485. The minimum absolute atomic E-state index is 0.0393. The first-order valence-electron chi connectivity index (χ1n) is 10.5. The summed E-state index contributed by atoms with van der Waals surface area (Å²) in [5, 5.41) is 11.2. The van der Waals surface area contributed by atoms with Gasteiger partial charge in [0.25, 0.3) is 10.0 Å². The number of aromatic nitrogens is 4. The Kier molecular flexibility index (Phi) is 5.65. The van der Waals surface area contributed by atoms with Gasteiger partial charge in [0.05, 0.1) is 16.6 Å². The van der Waals surface area contributed by atoms with Crippen molar-refractivity contribution in [1.82, 2.24) is 24.5 Å². The van der Waals surface area contributed by atoms with E-state index in [0.29, 0.717) is 11.4 Å². The Labute approximate surface area is 196 Å². The molecule has 0 spiro atoms. The molecule has 0 amide bonds. The molecule has 11 heteroatoms. The van der Waals surface area contributed by atoms with Crippen LogP contribution in [-0.4, -0.2) is 53.2 Å². The van der Waals surface area contributed by atoms with Gasteiger partial charge < -0.3 is 15.5 Å². The molecular weight excluding hydrogens is 462 g/mol. The maximum Gasteiger partial charge on any atom is 0.286 e. The molecule has 1 atom stereocenters. The van der Waals surface area contributed by atoms with Gasteiger partial charge in [-0.2, -0.15) is 18.5 Å².